The van der Waals surface area contributed by atoms with Crippen LogP contribution in [0.5, 0.6) is 17.2 Å². The number of hydrogen-bond acceptors (Lipinski definition) is 8. The number of aliphatic hydroxyl groups is 1. The molecule has 2 aromatic rings. The molecule has 9 nitrogen and oxygen atoms in total. The van der Waals surface area contributed by atoms with Crippen molar-refractivity contribution < 1.29 is 33.6 Å². The zero-order valence-corrected chi connectivity index (χ0v) is 24.6. The van der Waals surface area contributed by atoms with Crippen LogP contribution in [0.4, 0.5) is 0 Å². The smallest absolute Gasteiger partial charge is 0.295 e. The van der Waals surface area contributed by atoms with Gasteiger partial charge in [-0.2, -0.15) is 0 Å². The number of Topliss-reactive ketones (excluding diaryl/α,β-unsaturated/α-hetero) is 1. The van der Waals surface area contributed by atoms with Gasteiger partial charge in [0.15, 0.2) is 11.5 Å². The molecule has 2 heterocycles. The summed E-state index contributed by atoms with van der Waals surface area (Å²) in [4.78, 5) is 30.7. The van der Waals surface area contributed by atoms with Crippen molar-refractivity contribution in [1.29, 1.82) is 0 Å². The van der Waals surface area contributed by atoms with Crippen molar-refractivity contribution in [2.24, 2.45) is 5.92 Å². The van der Waals surface area contributed by atoms with Gasteiger partial charge in [-0.1, -0.05) is 33.3 Å². The van der Waals surface area contributed by atoms with E-state index in [4.69, 9.17) is 18.9 Å². The Bertz CT molecular complexity index is 1220. The van der Waals surface area contributed by atoms with Gasteiger partial charge < -0.3 is 29.0 Å². The van der Waals surface area contributed by atoms with Crippen LogP contribution < -0.4 is 14.2 Å². The monoisotopic (exact) mass is 566 g/mol. The first kappa shape index (κ1) is 30.4. The molecule has 1 atom stereocenters. The summed E-state index contributed by atoms with van der Waals surface area (Å²) in [5.41, 5.74) is 1.14. The summed E-state index contributed by atoms with van der Waals surface area (Å²) in [7, 11) is 1.56. The summed E-state index contributed by atoms with van der Waals surface area (Å²) in [6.45, 7) is 11.1. The highest BCUT2D eigenvalue weighted by Gasteiger charge is 2.46. The Kier molecular flexibility index (Phi) is 10.7. The SMILES string of the molecule is CCCCOc1ccc(C2/C(=C(\O)c3ccc(OCC(C)C)cc3)C(=O)C(=O)N2CCN2CCOCC2)cc1OC. The van der Waals surface area contributed by atoms with Gasteiger partial charge in [-0.05, 0) is 54.3 Å². The van der Waals surface area contributed by atoms with Crippen LogP contribution in [0.2, 0.25) is 0 Å². The Hall–Kier alpha value is -3.56. The number of hydrogen-bond donors (Lipinski definition) is 1. The number of ketones is 1. The Balaban J connectivity index is 1.70. The molecule has 1 amide bonds. The molecule has 2 aliphatic heterocycles. The largest absolute Gasteiger partial charge is 0.507 e. The summed E-state index contributed by atoms with van der Waals surface area (Å²) in [6, 6.07) is 11.6. The van der Waals surface area contributed by atoms with E-state index < -0.39 is 17.7 Å². The minimum absolute atomic E-state index is 0.0505. The average molecular weight is 567 g/mol. The maximum atomic E-state index is 13.5. The number of likely N-dealkylation sites (tertiary alicyclic amines) is 1. The van der Waals surface area contributed by atoms with Crippen LogP contribution in [0.25, 0.3) is 5.76 Å². The third kappa shape index (κ3) is 7.40. The number of aliphatic hydroxyl groups excluding tert-OH is 1. The highest BCUT2D eigenvalue weighted by Crippen LogP contribution is 2.42. The molecule has 1 unspecified atom stereocenters. The highest BCUT2D eigenvalue weighted by molar-refractivity contribution is 6.46. The summed E-state index contributed by atoms with van der Waals surface area (Å²) >= 11 is 0. The van der Waals surface area contributed by atoms with Crippen LogP contribution in [0, 0.1) is 5.92 Å². The number of nitrogens with zero attached hydrogens (tertiary/aromatic N) is 2. The molecule has 0 saturated carbocycles. The fraction of sp³-hybridized carbons (Fsp3) is 0.500. The molecule has 0 spiro atoms. The van der Waals surface area contributed by atoms with Crippen LogP contribution in [0.1, 0.15) is 50.8 Å². The molecule has 0 aromatic heterocycles. The Morgan fingerprint density at radius 1 is 1.02 bits per heavy atom. The molecule has 0 aliphatic carbocycles. The maximum absolute atomic E-state index is 13.5. The first-order valence-corrected chi connectivity index (χ1v) is 14.5. The topological polar surface area (TPSA) is 97.8 Å². The lowest BCUT2D eigenvalue weighted by Crippen LogP contribution is -2.42. The lowest BCUT2D eigenvalue weighted by Gasteiger charge is -2.31. The first-order chi connectivity index (χ1) is 19.8. The number of carbonyl (C=O) groups is 2. The van der Waals surface area contributed by atoms with E-state index in [9.17, 15) is 14.7 Å². The van der Waals surface area contributed by atoms with Crippen LogP contribution in [-0.2, 0) is 14.3 Å². The summed E-state index contributed by atoms with van der Waals surface area (Å²) in [5.74, 6) is 0.565. The molecular weight excluding hydrogens is 524 g/mol. The van der Waals surface area contributed by atoms with Crippen molar-refractivity contribution in [2.45, 2.75) is 39.7 Å². The molecule has 9 heteroatoms. The number of methoxy groups -OCH3 is 1. The Morgan fingerprint density at radius 2 is 1.76 bits per heavy atom. The zero-order valence-electron chi connectivity index (χ0n) is 24.6. The summed E-state index contributed by atoms with van der Waals surface area (Å²) in [6.07, 6.45) is 1.91. The van der Waals surface area contributed by atoms with Gasteiger partial charge >= 0.3 is 0 Å². The number of ether oxygens (including phenoxy) is 4. The van der Waals surface area contributed by atoms with Gasteiger partial charge in [-0.15, -0.1) is 0 Å². The fourth-order valence-corrected chi connectivity index (χ4v) is 4.96. The molecule has 2 fully saturated rings. The lowest BCUT2D eigenvalue weighted by molar-refractivity contribution is -0.140. The Morgan fingerprint density at radius 3 is 2.41 bits per heavy atom. The average Bonchev–Trinajstić information content (AvgIpc) is 3.24. The van der Waals surface area contributed by atoms with E-state index in [1.165, 1.54) is 0 Å². The maximum Gasteiger partial charge on any atom is 0.295 e. The fourth-order valence-electron chi connectivity index (χ4n) is 4.96. The van der Waals surface area contributed by atoms with Gasteiger partial charge in [0.1, 0.15) is 11.5 Å². The van der Waals surface area contributed by atoms with Crippen LogP contribution in [0.3, 0.4) is 0 Å². The number of morpholine rings is 1. The van der Waals surface area contributed by atoms with Crippen LogP contribution >= 0.6 is 0 Å². The van der Waals surface area contributed by atoms with Crippen molar-refractivity contribution in [3.63, 3.8) is 0 Å². The first-order valence-electron chi connectivity index (χ1n) is 14.5. The quantitative estimate of drug-likeness (QED) is 0.162. The second kappa shape index (κ2) is 14.4. The number of unbranched alkanes of at least 4 members (excludes halogenated alkanes) is 1. The predicted molar refractivity (Wildman–Crippen MR) is 156 cm³/mol. The number of amides is 1. The van der Waals surface area contributed by atoms with Crippen molar-refractivity contribution >= 4 is 17.4 Å². The molecule has 4 rings (SSSR count). The van der Waals surface area contributed by atoms with Crippen molar-refractivity contribution in [3.05, 3.63) is 59.2 Å². The van der Waals surface area contributed by atoms with Gasteiger partial charge in [0, 0.05) is 31.7 Å². The number of carbonyl (C=O) groups excluding carboxylic acids is 2. The normalized spacial score (nSPS) is 19.1. The molecule has 0 bridgehead atoms. The van der Waals surface area contributed by atoms with Gasteiger partial charge in [-0.25, -0.2) is 0 Å². The van der Waals surface area contributed by atoms with E-state index in [0.717, 1.165) is 25.9 Å². The molecule has 0 radical (unpaired) electrons. The Labute approximate surface area is 242 Å². The molecular formula is C32H42N2O7. The van der Waals surface area contributed by atoms with E-state index in [1.54, 1.807) is 48.4 Å². The van der Waals surface area contributed by atoms with Crippen molar-refractivity contribution in [1.82, 2.24) is 9.80 Å². The van der Waals surface area contributed by atoms with E-state index in [1.807, 2.05) is 6.07 Å². The van der Waals surface area contributed by atoms with Crippen molar-refractivity contribution in [2.75, 3.05) is 59.7 Å². The molecule has 2 saturated heterocycles. The van der Waals surface area contributed by atoms with Crippen LogP contribution in [0.15, 0.2) is 48.0 Å². The van der Waals surface area contributed by atoms with Gasteiger partial charge in [0.05, 0.1) is 45.2 Å². The van der Waals surface area contributed by atoms with E-state index in [-0.39, 0.29) is 11.3 Å². The molecule has 2 aromatic carbocycles. The third-order valence-corrected chi connectivity index (χ3v) is 7.27. The standard InChI is InChI=1S/C32H42N2O7/c1-5-6-17-40-26-12-9-24(20-27(26)38-4)29-28(30(35)23-7-10-25(11-8-23)41-21-22(2)3)31(36)32(37)34(29)14-13-33-15-18-39-19-16-33/h7-12,20,22,29,35H,5-6,13-19,21H2,1-4H3/b30-28+. The number of benzene rings is 2. The van der Waals surface area contributed by atoms with Gasteiger partial charge in [-0.3, -0.25) is 14.5 Å². The minimum Gasteiger partial charge on any atom is -0.507 e. The van der Waals surface area contributed by atoms with Gasteiger partial charge in [0.25, 0.3) is 11.7 Å². The molecule has 2 aliphatic rings. The second-order valence-electron chi connectivity index (χ2n) is 10.8. The molecule has 41 heavy (non-hydrogen) atoms. The number of rotatable bonds is 13. The van der Waals surface area contributed by atoms with Crippen LogP contribution in [-0.4, -0.2) is 86.3 Å². The molecule has 1 N–H and O–H groups in total. The minimum atomic E-state index is -0.786. The predicted octanol–water partition coefficient (Wildman–Crippen LogP) is 4.66. The van der Waals surface area contributed by atoms with E-state index >= 15 is 0 Å². The zero-order chi connectivity index (χ0) is 29.4. The van der Waals surface area contributed by atoms with Crippen molar-refractivity contribution in [3.8, 4) is 17.2 Å². The highest BCUT2D eigenvalue weighted by atomic mass is 16.5. The van der Waals surface area contributed by atoms with E-state index in [0.29, 0.717) is 73.8 Å². The lowest BCUT2D eigenvalue weighted by atomic mass is 9.95. The third-order valence-electron chi connectivity index (χ3n) is 7.27. The second-order valence-corrected chi connectivity index (χ2v) is 10.8. The van der Waals surface area contributed by atoms with Gasteiger partial charge in [0.2, 0.25) is 0 Å². The van der Waals surface area contributed by atoms with E-state index in [2.05, 4.69) is 25.7 Å². The summed E-state index contributed by atoms with van der Waals surface area (Å²) in [5, 5.41) is 11.5. The summed E-state index contributed by atoms with van der Waals surface area (Å²) < 4.78 is 22.8. The molecule has 222 valence electrons.